The van der Waals surface area contributed by atoms with Gasteiger partial charge in [0.25, 0.3) is 0 Å². The van der Waals surface area contributed by atoms with Crippen LogP contribution in [0.4, 0.5) is 17.8 Å². The summed E-state index contributed by atoms with van der Waals surface area (Å²) >= 11 is 0. The van der Waals surface area contributed by atoms with Crippen LogP contribution >= 0.6 is 0 Å². The van der Waals surface area contributed by atoms with E-state index in [0.717, 1.165) is 43.6 Å². The van der Waals surface area contributed by atoms with E-state index in [1.54, 1.807) is 20.4 Å². The highest BCUT2D eigenvalue weighted by atomic mass is 16.5. The number of piperidine rings is 2. The Bertz CT molecular complexity index is 857. The van der Waals surface area contributed by atoms with Gasteiger partial charge in [-0.3, -0.25) is 0 Å². The molecule has 0 amide bonds. The van der Waals surface area contributed by atoms with Gasteiger partial charge < -0.3 is 19.3 Å². The summed E-state index contributed by atoms with van der Waals surface area (Å²) < 4.78 is 10.8. The number of hydrazone groups is 1. The third-order valence-electron chi connectivity index (χ3n) is 5.69. The molecule has 0 aliphatic carbocycles. The van der Waals surface area contributed by atoms with Gasteiger partial charge in [0.05, 0.1) is 20.4 Å². The van der Waals surface area contributed by atoms with Gasteiger partial charge in [-0.25, -0.2) is 5.43 Å². The number of ether oxygens (including phenoxy) is 2. The third kappa shape index (κ3) is 5.15. The van der Waals surface area contributed by atoms with Crippen molar-refractivity contribution in [2.75, 3.05) is 55.6 Å². The van der Waals surface area contributed by atoms with Crippen molar-refractivity contribution >= 4 is 24.1 Å². The molecule has 0 radical (unpaired) electrons. The summed E-state index contributed by atoms with van der Waals surface area (Å²) in [4.78, 5) is 18.6. The van der Waals surface area contributed by atoms with Crippen molar-refractivity contribution in [1.82, 2.24) is 15.0 Å². The van der Waals surface area contributed by atoms with Crippen molar-refractivity contribution in [3.8, 4) is 11.5 Å². The molecule has 2 aliphatic rings. The van der Waals surface area contributed by atoms with E-state index in [2.05, 4.69) is 30.3 Å². The normalized spacial score (nSPS) is 17.1. The standard InChI is InChI=1S/C22H31N7O2/c1-30-18-11-9-10-17(19(18)31-2)16-23-27-20-24-21(28-12-5-3-6-13-28)26-22(25-20)29-14-7-4-8-15-29/h9-11,16H,3-8,12-15H2,1-2H3,(H,24,25,26,27)/b23-16-. The molecular weight excluding hydrogens is 394 g/mol. The second-order valence-corrected chi connectivity index (χ2v) is 7.81. The van der Waals surface area contributed by atoms with Crippen molar-refractivity contribution in [3.63, 3.8) is 0 Å². The van der Waals surface area contributed by atoms with Crippen LogP contribution in [0.5, 0.6) is 11.5 Å². The zero-order chi connectivity index (χ0) is 21.5. The number of methoxy groups -OCH3 is 2. The first kappa shape index (κ1) is 21.1. The highest BCUT2D eigenvalue weighted by Gasteiger charge is 2.20. The Morgan fingerprint density at radius 2 is 1.45 bits per heavy atom. The number of nitrogens with one attached hydrogen (secondary N) is 1. The molecule has 31 heavy (non-hydrogen) atoms. The SMILES string of the molecule is COc1cccc(/C=N\Nc2nc(N3CCCCC3)nc(N3CCCCC3)n2)c1OC. The van der Waals surface area contributed by atoms with E-state index in [9.17, 15) is 0 Å². The van der Waals surface area contributed by atoms with Crippen LogP contribution in [-0.2, 0) is 0 Å². The summed E-state index contributed by atoms with van der Waals surface area (Å²) in [6.45, 7) is 3.92. The van der Waals surface area contributed by atoms with E-state index in [-0.39, 0.29) is 0 Å². The molecule has 0 saturated carbocycles. The molecule has 2 aliphatic heterocycles. The predicted molar refractivity (Wildman–Crippen MR) is 123 cm³/mol. The van der Waals surface area contributed by atoms with Gasteiger partial charge in [0.1, 0.15) is 0 Å². The van der Waals surface area contributed by atoms with Crippen molar-refractivity contribution in [2.45, 2.75) is 38.5 Å². The second-order valence-electron chi connectivity index (χ2n) is 7.81. The molecule has 9 nitrogen and oxygen atoms in total. The van der Waals surface area contributed by atoms with E-state index >= 15 is 0 Å². The van der Waals surface area contributed by atoms with E-state index in [1.165, 1.54) is 38.5 Å². The lowest BCUT2D eigenvalue weighted by Crippen LogP contribution is -2.34. The summed E-state index contributed by atoms with van der Waals surface area (Å²) in [7, 11) is 3.23. The van der Waals surface area contributed by atoms with Gasteiger partial charge in [-0.05, 0) is 50.7 Å². The molecule has 166 valence electrons. The van der Waals surface area contributed by atoms with Crippen molar-refractivity contribution in [2.24, 2.45) is 5.10 Å². The number of para-hydroxylation sites is 1. The van der Waals surface area contributed by atoms with Crippen LogP contribution in [0.2, 0.25) is 0 Å². The molecule has 9 heteroatoms. The minimum Gasteiger partial charge on any atom is -0.493 e. The zero-order valence-corrected chi connectivity index (χ0v) is 18.4. The van der Waals surface area contributed by atoms with Crippen LogP contribution < -0.4 is 24.7 Å². The topological polar surface area (TPSA) is 88.0 Å². The van der Waals surface area contributed by atoms with E-state index in [4.69, 9.17) is 14.5 Å². The second kappa shape index (κ2) is 10.3. The summed E-state index contributed by atoms with van der Waals surface area (Å²) in [5.41, 5.74) is 3.80. The van der Waals surface area contributed by atoms with Crippen LogP contribution in [0, 0.1) is 0 Å². The summed E-state index contributed by atoms with van der Waals surface area (Å²) in [5.74, 6) is 3.20. The van der Waals surface area contributed by atoms with Crippen LogP contribution in [0.1, 0.15) is 44.1 Å². The van der Waals surface area contributed by atoms with Gasteiger partial charge in [0.2, 0.25) is 17.8 Å². The smallest absolute Gasteiger partial charge is 0.250 e. The molecule has 4 rings (SSSR count). The van der Waals surface area contributed by atoms with E-state index in [0.29, 0.717) is 17.4 Å². The maximum atomic E-state index is 5.47. The average molecular weight is 426 g/mol. The Hall–Kier alpha value is -3.10. The molecule has 0 unspecified atom stereocenters. The quantitative estimate of drug-likeness (QED) is 0.534. The number of anilines is 3. The van der Waals surface area contributed by atoms with Crippen molar-refractivity contribution in [3.05, 3.63) is 23.8 Å². The molecule has 1 aromatic heterocycles. The van der Waals surface area contributed by atoms with Gasteiger partial charge in [-0.2, -0.15) is 20.1 Å². The first-order chi connectivity index (χ1) is 15.3. The first-order valence-electron chi connectivity index (χ1n) is 11.0. The number of aromatic nitrogens is 3. The fourth-order valence-corrected chi connectivity index (χ4v) is 4.05. The van der Waals surface area contributed by atoms with E-state index in [1.807, 2.05) is 18.2 Å². The number of nitrogens with zero attached hydrogens (tertiary/aromatic N) is 6. The molecule has 1 N–H and O–H groups in total. The highest BCUT2D eigenvalue weighted by Crippen LogP contribution is 2.29. The minimum atomic E-state index is 0.453. The van der Waals surface area contributed by atoms with Gasteiger partial charge >= 0.3 is 0 Å². The van der Waals surface area contributed by atoms with Gasteiger partial charge in [-0.15, -0.1) is 0 Å². The van der Waals surface area contributed by atoms with Gasteiger partial charge in [0, 0.05) is 31.7 Å². The largest absolute Gasteiger partial charge is 0.493 e. The lowest BCUT2D eigenvalue weighted by molar-refractivity contribution is 0.354. The van der Waals surface area contributed by atoms with Gasteiger partial charge in [0.15, 0.2) is 11.5 Å². The Kier molecular flexibility index (Phi) is 7.01. The molecule has 2 saturated heterocycles. The van der Waals surface area contributed by atoms with Crippen molar-refractivity contribution < 1.29 is 9.47 Å². The lowest BCUT2D eigenvalue weighted by atomic mass is 10.1. The highest BCUT2D eigenvalue weighted by molar-refractivity contribution is 5.85. The predicted octanol–water partition coefficient (Wildman–Crippen LogP) is 3.32. The first-order valence-corrected chi connectivity index (χ1v) is 11.0. The maximum absolute atomic E-state index is 5.47. The molecular formula is C22H31N7O2. The average Bonchev–Trinajstić information content (AvgIpc) is 2.84. The Morgan fingerprint density at radius 1 is 0.839 bits per heavy atom. The molecule has 0 bridgehead atoms. The molecule has 2 aromatic rings. The number of hydrogen-bond acceptors (Lipinski definition) is 9. The molecule has 0 atom stereocenters. The van der Waals surface area contributed by atoms with Gasteiger partial charge in [-0.1, -0.05) is 6.07 Å². The fraction of sp³-hybridized carbons (Fsp3) is 0.545. The van der Waals surface area contributed by atoms with Crippen LogP contribution in [0.3, 0.4) is 0 Å². The zero-order valence-electron chi connectivity index (χ0n) is 18.4. The molecule has 3 heterocycles. The third-order valence-corrected chi connectivity index (χ3v) is 5.69. The van der Waals surface area contributed by atoms with E-state index < -0.39 is 0 Å². The Morgan fingerprint density at radius 3 is 2.00 bits per heavy atom. The number of rotatable bonds is 7. The molecule has 1 aromatic carbocycles. The summed E-state index contributed by atoms with van der Waals surface area (Å²) in [6, 6.07) is 5.66. The van der Waals surface area contributed by atoms with Crippen LogP contribution in [0.15, 0.2) is 23.3 Å². The number of benzene rings is 1. The van der Waals surface area contributed by atoms with Crippen molar-refractivity contribution in [1.29, 1.82) is 0 Å². The van der Waals surface area contributed by atoms with Crippen LogP contribution in [0.25, 0.3) is 0 Å². The van der Waals surface area contributed by atoms with Crippen LogP contribution in [-0.4, -0.2) is 61.6 Å². The Balaban J connectivity index is 1.57. The Labute approximate surface area is 183 Å². The fourth-order valence-electron chi connectivity index (χ4n) is 4.05. The maximum Gasteiger partial charge on any atom is 0.250 e. The lowest BCUT2D eigenvalue weighted by Gasteiger charge is -2.30. The molecule has 2 fully saturated rings. The minimum absolute atomic E-state index is 0.453. The monoisotopic (exact) mass is 425 g/mol. The molecule has 0 spiro atoms. The summed E-state index contributed by atoms with van der Waals surface area (Å²) in [5, 5.41) is 4.37. The summed E-state index contributed by atoms with van der Waals surface area (Å²) in [6.07, 6.45) is 8.88. The number of hydrogen-bond donors (Lipinski definition) is 1.